The number of anilines is 1. The van der Waals surface area contributed by atoms with Crippen LogP contribution in [0, 0.1) is 6.92 Å². The molecule has 8 nitrogen and oxygen atoms in total. The van der Waals surface area contributed by atoms with Crippen molar-refractivity contribution in [1.29, 1.82) is 0 Å². The van der Waals surface area contributed by atoms with Gasteiger partial charge in [-0.05, 0) is 31.5 Å². The molecule has 2 aromatic rings. The van der Waals surface area contributed by atoms with E-state index >= 15 is 0 Å². The summed E-state index contributed by atoms with van der Waals surface area (Å²) in [7, 11) is -2.35. The summed E-state index contributed by atoms with van der Waals surface area (Å²) >= 11 is 1.33. The zero-order valence-electron chi connectivity index (χ0n) is 14.3. The van der Waals surface area contributed by atoms with Crippen LogP contribution in [0.5, 0.6) is 5.75 Å². The van der Waals surface area contributed by atoms with Gasteiger partial charge >= 0.3 is 0 Å². The van der Waals surface area contributed by atoms with E-state index < -0.39 is 15.9 Å². The van der Waals surface area contributed by atoms with Crippen molar-refractivity contribution in [3.63, 3.8) is 0 Å². The maximum absolute atomic E-state index is 12.6. The zero-order valence-corrected chi connectivity index (χ0v) is 15.9. The smallest absolute Gasteiger partial charge is 0.261 e. The van der Waals surface area contributed by atoms with Gasteiger partial charge in [0, 0.05) is 23.7 Å². The van der Waals surface area contributed by atoms with Crippen molar-refractivity contribution in [2.75, 3.05) is 25.6 Å². The predicted molar refractivity (Wildman–Crippen MR) is 97.3 cm³/mol. The lowest BCUT2D eigenvalue weighted by Crippen LogP contribution is -2.35. The number of rotatable bonds is 6. The van der Waals surface area contributed by atoms with Crippen LogP contribution >= 0.6 is 11.3 Å². The molecule has 1 aromatic heterocycles. The third-order valence-electron chi connectivity index (χ3n) is 3.82. The summed E-state index contributed by atoms with van der Waals surface area (Å²) in [5.41, 5.74) is 0.117. The summed E-state index contributed by atoms with van der Waals surface area (Å²) < 4.78 is 38.1. The largest absolute Gasteiger partial charge is 0.496 e. The van der Waals surface area contributed by atoms with Gasteiger partial charge in [0.15, 0.2) is 5.13 Å². The third kappa shape index (κ3) is 4.21. The van der Waals surface area contributed by atoms with Gasteiger partial charge < -0.3 is 9.47 Å². The Balaban J connectivity index is 1.86. The van der Waals surface area contributed by atoms with Gasteiger partial charge in [-0.3, -0.25) is 10.1 Å². The number of ether oxygens (including phenoxy) is 2. The van der Waals surface area contributed by atoms with E-state index in [1.807, 2.05) is 6.92 Å². The Hall–Kier alpha value is -2.01. The Bertz CT molecular complexity index is 904. The van der Waals surface area contributed by atoms with Crippen LogP contribution in [0.25, 0.3) is 0 Å². The predicted octanol–water partition coefficient (Wildman–Crippen LogP) is 1.78. The maximum Gasteiger partial charge on any atom is 0.261 e. The molecule has 1 saturated heterocycles. The highest BCUT2D eigenvalue weighted by Gasteiger charge is 2.25. The number of amides is 1. The third-order valence-corrected chi connectivity index (χ3v) is 6.17. The Morgan fingerprint density at radius 3 is 2.85 bits per heavy atom. The molecule has 0 spiro atoms. The van der Waals surface area contributed by atoms with E-state index in [1.165, 1.54) is 36.6 Å². The fourth-order valence-corrected chi connectivity index (χ4v) is 4.46. The second kappa shape index (κ2) is 7.70. The lowest BCUT2D eigenvalue weighted by molar-refractivity contribution is 0.102. The van der Waals surface area contributed by atoms with Crippen LogP contribution < -0.4 is 14.8 Å². The van der Waals surface area contributed by atoms with Crippen LogP contribution in [0.2, 0.25) is 0 Å². The highest BCUT2D eigenvalue weighted by Crippen LogP contribution is 2.25. The minimum atomic E-state index is -3.77. The van der Waals surface area contributed by atoms with Crippen molar-refractivity contribution in [2.24, 2.45) is 0 Å². The first-order valence-electron chi connectivity index (χ1n) is 7.91. The standard InChI is InChI=1S/C16H19N3O5S2/c1-10-8-17-16(25-10)18-15(20)13-7-12(3-4-14(13)23-2)26(21,22)19-11-5-6-24-9-11/h3-4,7-8,11,19H,5-6,9H2,1-2H3,(H,17,18,20). The highest BCUT2D eigenvalue weighted by molar-refractivity contribution is 7.89. The first-order chi connectivity index (χ1) is 12.4. The quantitative estimate of drug-likeness (QED) is 0.770. The minimum Gasteiger partial charge on any atom is -0.496 e. The fourth-order valence-electron chi connectivity index (χ4n) is 2.52. The van der Waals surface area contributed by atoms with Gasteiger partial charge in [0.2, 0.25) is 10.0 Å². The van der Waals surface area contributed by atoms with Gasteiger partial charge in [0.05, 0.1) is 24.2 Å². The fraction of sp³-hybridized carbons (Fsp3) is 0.375. The molecule has 2 heterocycles. The van der Waals surface area contributed by atoms with Crippen LogP contribution in [-0.4, -0.2) is 45.7 Å². The Morgan fingerprint density at radius 2 is 2.23 bits per heavy atom. The first-order valence-corrected chi connectivity index (χ1v) is 10.2. The SMILES string of the molecule is COc1ccc(S(=O)(=O)NC2CCOC2)cc1C(=O)Nc1ncc(C)s1. The van der Waals surface area contributed by atoms with E-state index in [0.717, 1.165) is 4.88 Å². The highest BCUT2D eigenvalue weighted by atomic mass is 32.2. The molecule has 26 heavy (non-hydrogen) atoms. The van der Waals surface area contributed by atoms with Crippen molar-refractivity contribution < 1.29 is 22.7 Å². The molecule has 1 aliphatic rings. The number of aryl methyl sites for hydroxylation is 1. The molecule has 3 rings (SSSR count). The molecule has 1 atom stereocenters. The molecule has 1 aliphatic heterocycles. The van der Waals surface area contributed by atoms with E-state index in [1.54, 1.807) is 6.20 Å². The second-order valence-corrected chi connectivity index (χ2v) is 8.72. The molecule has 0 radical (unpaired) electrons. The van der Waals surface area contributed by atoms with Gasteiger partial charge in [-0.15, -0.1) is 11.3 Å². The molecule has 1 fully saturated rings. The van der Waals surface area contributed by atoms with Gasteiger partial charge in [0.1, 0.15) is 5.75 Å². The number of carbonyl (C=O) groups excluding carboxylic acids is 1. The van der Waals surface area contributed by atoms with E-state index in [4.69, 9.17) is 9.47 Å². The molecule has 0 saturated carbocycles. The van der Waals surface area contributed by atoms with Crippen LogP contribution in [0.1, 0.15) is 21.7 Å². The van der Waals surface area contributed by atoms with Gasteiger partial charge in [-0.1, -0.05) is 0 Å². The van der Waals surface area contributed by atoms with Crippen LogP contribution in [0.4, 0.5) is 5.13 Å². The molecule has 140 valence electrons. The van der Waals surface area contributed by atoms with Gasteiger partial charge in [0.25, 0.3) is 5.91 Å². The molecule has 1 aromatic carbocycles. The molecular weight excluding hydrogens is 378 g/mol. The minimum absolute atomic E-state index is 0.00864. The lowest BCUT2D eigenvalue weighted by atomic mass is 10.2. The number of thiazole rings is 1. The average molecular weight is 397 g/mol. The number of aromatic nitrogens is 1. The summed E-state index contributed by atoms with van der Waals surface area (Å²) in [4.78, 5) is 17.6. The molecule has 1 unspecified atom stereocenters. The number of hydrogen-bond donors (Lipinski definition) is 2. The summed E-state index contributed by atoms with van der Waals surface area (Å²) in [5, 5.41) is 3.09. The van der Waals surface area contributed by atoms with Crippen molar-refractivity contribution in [3.8, 4) is 5.75 Å². The molecular formula is C16H19N3O5S2. The summed E-state index contributed by atoms with van der Waals surface area (Å²) in [6, 6.07) is 3.90. The topological polar surface area (TPSA) is 107 Å². The zero-order chi connectivity index (χ0) is 18.7. The average Bonchev–Trinajstić information content (AvgIpc) is 3.25. The maximum atomic E-state index is 12.6. The van der Waals surface area contributed by atoms with Crippen LogP contribution in [0.15, 0.2) is 29.3 Å². The van der Waals surface area contributed by atoms with E-state index in [9.17, 15) is 13.2 Å². The summed E-state index contributed by atoms with van der Waals surface area (Å²) in [5.74, 6) is -0.212. The monoisotopic (exact) mass is 397 g/mol. The number of nitrogens with one attached hydrogen (secondary N) is 2. The normalized spacial score (nSPS) is 17.2. The van der Waals surface area contributed by atoms with Crippen molar-refractivity contribution in [1.82, 2.24) is 9.71 Å². The summed E-state index contributed by atoms with van der Waals surface area (Å²) in [6.45, 7) is 2.74. The molecule has 2 N–H and O–H groups in total. The lowest BCUT2D eigenvalue weighted by Gasteiger charge is -2.14. The Labute approximate surface area is 155 Å². The van der Waals surface area contributed by atoms with Gasteiger partial charge in [-0.25, -0.2) is 18.1 Å². The van der Waals surface area contributed by atoms with Crippen molar-refractivity contribution >= 4 is 32.4 Å². The molecule has 10 heteroatoms. The summed E-state index contributed by atoms with van der Waals surface area (Å²) in [6.07, 6.45) is 2.26. The first kappa shape index (κ1) is 18.8. The number of nitrogens with zero attached hydrogens (tertiary/aromatic N) is 1. The van der Waals surface area contributed by atoms with Crippen molar-refractivity contribution in [3.05, 3.63) is 34.8 Å². The molecule has 0 aliphatic carbocycles. The Morgan fingerprint density at radius 1 is 1.42 bits per heavy atom. The number of methoxy groups -OCH3 is 1. The number of sulfonamides is 1. The Kier molecular flexibility index (Phi) is 5.56. The number of benzene rings is 1. The molecule has 0 bridgehead atoms. The van der Waals surface area contributed by atoms with Crippen molar-refractivity contribution in [2.45, 2.75) is 24.3 Å². The molecule has 1 amide bonds. The van der Waals surface area contributed by atoms with Gasteiger partial charge in [-0.2, -0.15) is 0 Å². The van der Waals surface area contributed by atoms with E-state index in [0.29, 0.717) is 24.8 Å². The number of hydrogen-bond acceptors (Lipinski definition) is 7. The van der Waals surface area contributed by atoms with Crippen LogP contribution in [-0.2, 0) is 14.8 Å². The van der Waals surface area contributed by atoms with Crippen LogP contribution in [0.3, 0.4) is 0 Å². The van der Waals surface area contributed by atoms with E-state index in [2.05, 4.69) is 15.0 Å². The number of carbonyl (C=O) groups is 1. The second-order valence-electron chi connectivity index (χ2n) is 5.77. The van der Waals surface area contributed by atoms with E-state index in [-0.39, 0.29) is 22.3 Å².